The van der Waals surface area contributed by atoms with Gasteiger partial charge in [-0.2, -0.15) is 13.2 Å². The number of aliphatic carboxylic acids is 1. The summed E-state index contributed by atoms with van der Waals surface area (Å²) in [6.07, 6.45) is 8.65. The lowest BCUT2D eigenvalue weighted by molar-refractivity contribution is -0.159. The number of rotatable bonds is 18. The standard InChI is InChI=1S/C31H41F3N2O4/c1-2-3-4-5-6-7-8-9-10-11-12-13-28(37)35-27-20-16-25(17-21-27)23-36(29(38)30(39)40)22-24-14-18-26(19-15-24)31(32,33)34/h5-6,14-21,29,38H,2-4,7-13,22-23H2,1H3,(H,35,37)(H,39,40)/b6-5+. The highest BCUT2D eigenvalue weighted by Crippen LogP contribution is 2.29. The van der Waals surface area contributed by atoms with Crippen molar-refractivity contribution in [3.05, 3.63) is 77.4 Å². The number of carbonyl (C=O) groups is 2. The maximum atomic E-state index is 12.8. The Hall–Kier alpha value is -3.17. The van der Waals surface area contributed by atoms with Crippen LogP contribution in [0.15, 0.2) is 60.7 Å². The summed E-state index contributed by atoms with van der Waals surface area (Å²) in [6, 6.07) is 11.2. The summed E-state index contributed by atoms with van der Waals surface area (Å²) >= 11 is 0. The van der Waals surface area contributed by atoms with Gasteiger partial charge < -0.3 is 15.5 Å². The molecule has 3 N–H and O–H groups in total. The molecule has 0 aliphatic carbocycles. The van der Waals surface area contributed by atoms with E-state index in [2.05, 4.69) is 24.4 Å². The smallest absolute Gasteiger partial charge is 0.416 e. The second-order valence-corrected chi connectivity index (χ2v) is 9.98. The minimum atomic E-state index is -4.47. The lowest BCUT2D eigenvalue weighted by Crippen LogP contribution is -2.40. The van der Waals surface area contributed by atoms with Crippen molar-refractivity contribution >= 4 is 17.6 Å². The van der Waals surface area contributed by atoms with Crippen molar-refractivity contribution in [3.8, 4) is 0 Å². The summed E-state index contributed by atoms with van der Waals surface area (Å²) in [7, 11) is 0. The van der Waals surface area contributed by atoms with Crippen molar-refractivity contribution in [2.75, 3.05) is 5.32 Å². The molecule has 2 rings (SSSR count). The topological polar surface area (TPSA) is 89.9 Å². The molecule has 1 amide bonds. The van der Waals surface area contributed by atoms with Gasteiger partial charge in [-0.15, -0.1) is 0 Å². The van der Waals surface area contributed by atoms with Crippen LogP contribution in [-0.4, -0.2) is 33.2 Å². The summed E-state index contributed by atoms with van der Waals surface area (Å²) in [4.78, 5) is 24.9. The largest absolute Gasteiger partial charge is 0.478 e. The van der Waals surface area contributed by atoms with Gasteiger partial charge in [0.1, 0.15) is 0 Å². The minimum absolute atomic E-state index is 0.0389. The number of hydrogen-bond donors (Lipinski definition) is 3. The molecule has 0 bridgehead atoms. The number of allylic oxidation sites excluding steroid dienone is 2. The summed E-state index contributed by atoms with van der Waals surface area (Å²) < 4.78 is 38.5. The van der Waals surface area contributed by atoms with E-state index in [9.17, 15) is 33.0 Å². The van der Waals surface area contributed by atoms with Crippen molar-refractivity contribution in [1.82, 2.24) is 4.90 Å². The van der Waals surface area contributed by atoms with Gasteiger partial charge in [0.25, 0.3) is 0 Å². The van der Waals surface area contributed by atoms with Crippen LogP contribution in [0.5, 0.6) is 0 Å². The molecule has 0 heterocycles. The normalized spacial score (nSPS) is 12.7. The Morgan fingerprint density at radius 2 is 1.38 bits per heavy atom. The summed E-state index contributed by atoms with van der Waals surface area (Å²) in [5.74, 6) is -1.54. The third kappa shape index (κ3) is 12.8. The first kappa shape index (κ1) is 33.0. The van der Waals surface area contributed by atoms with Gasteiger partial charge in [-0.25, -0.2) is 4.79 Å². The van der Waals surface area contributed by atoms with Crippen molar-refractivity contribution in [2.24, 2.45) is 0 Å². The number of benzene rings is 2. The van der Waals surface area contributed by atoms with Crippen LogP contribution in [-0.2, 0) is 28.9 Å². The molecule has 1 atom stereocenters. The first-order valence-corrected chi connectivity index (χ1v) is 13.9. The molecule has 0 fully saturated rings. The second kappa shape index (κ2) is 17.5. The van der Waals surface area contributed by atoms with E-state index in [1.165, 1.54) is 36.3 Å². The highest BCUT2D eigenvalue weighted by atomic mass is 19.4. The van der Waals surface area contributed by atoms with Crippen LogP contribution in [0.2, 0.25) is 0 Å². The summed E-state index contributed by atoms with van der Waals surface area (Å²) in [6.45, 7) is 2.16. The Balaban J connectivity index is 1.78. The van der Waals surface area contributed by atoms with E-state index >= 15 is 0 Å². The van der Waals surface area contributed by atoms with Crippen LogP contribution in [0.4, 0.5) is 18.9 Å². The van der Waals surface area contributed by atoms with Gasteiger partial charge in [0.2, 0.25) is 12.1 Å². The molecular formula is C31H41F3N2O4. The number of alkyl halides is 3. The SMILES string of the molecule is CCCC/C=C/CCCCCCCC(=O)Nc1ccc(CN(Cc2ccc(C(F)(F)F)cc2)C(O)C(=O)O)cc1. The molecule has 0 saturated carbocycles. The summed E-state index contributed by atoms with van der Waals surface area (Å²) in [5.41, 5.74) is 0.902. The Kier molecular flexibility index (Phi) is 14.5. The zero-order chi connectivity index (χ0) is 29.4. The summed E-state index contributed by atoms with van der Waals surface area (Å²) in [5, 5.41) is 22.3. The van der Waals surface area contributed by atoms with Crippen LogP contribution in [0.1, 0.15) is 87.8 Å². The van der Waals surface area contributed by atoms with E-state index < -0.39 is 23.9 Å². The third-order valence-electron chi connectivity index (χ3n) is 6.52. The zero-order valence-corrected chi connectivity index (χ0v) is 23.1. The molecule has 2 aromatic rings. The Labute approximate surface area is 234 Å². The molecule has 0 aliphatic rings. The molecule has 9 heteroatoms. The first-order valence-electron chi connectivity index (χ1n) is 13.9. The van der Waals surface area contributed by atoms with Crippen molar-refractivity contribution in [3.63, 3.8) is 0 Å². The van der Waals surface area contributed by atoms with Gasteiger partial charge in [-0.1, -0.05) is 75.4 Å². The molecule has 0 radical (unpaired) electrons. The zero-order valence-electron chi connectivity index (χ0n) is 23.1. The number of unbranched alkanes of at least 4 members (excludes halogenated alkanes) is 7. The van der Waals surface area contributed by atoms with Crippen LogP contribution in [0, 0.1) is 0 Å². The average molecular weight is 563 g/mol. The predicted octanol–water partition coefficient (Wildman–Crippen LogP) is 7.53. The molecule has 0 aliphatic heterocycles. The molecule has 6 nitrogen and oxygen atoms in total. The number of carbonyl (C=O) groups excluding carboxylic acids is 1. The monoisotopic (exact) mass is 562 g/mol. The van der Waals surface area contributed by atoms with E-state index in [0.717, 1.165) is 50.7 Å². The van der Waals surface area contributed by atoms with E-state index in [0.29, 0.717) is 23.2 Å². The van der Waals surface area contributed by atoms with Crippen molar-refractivity contribution < 1.29 is 33.0 Å². The highest BCUT2D eigenvalue weighted by Gasteiger charge is 2.30. The number of carboxylic acid groups (broad SMARTS) is 1. The molecule has 0 saturated heterocycles. The highest BCUT2D eigenvalue weighted by molar-refractivity contribution is 5.90. The van der Waals surface area contributed by atoms with Gasteiger partial charge in [0.15, 0.2) is 0 Å². The lowest BCUT2D eigenvalue weighted by Gasteiger charge is -2.25. The van der Waals surface area contributed by atoms with Gasteiger partial charge in [0.05, 0.1) is 5.56 Å². The van der Waals surface area contributed by atoms with Crippen LogP contribution >= 0.6 is 0 Å². The van der Waals surface area contributed by atoms with E-state index in [-0.39, 0.29) is 19.0 Å². The fraction of sp³-hybridized carbons (Fsp3) is 0.484. The molecule has 0 spiro atoms. The molecule has 2 aromatic carbocycles. The Morgan fingerprint density at radius 3 is 1.93 bits per heavy atom. The Bertz CT molecular complexity index is 1050. The average Bonchev–Trinajstić information content (AvgIpc) is 2.91. The maximum absolute atomic E-state index is 12.8. The van der Waals surface area contributed by atoms with Gasteiger partial charge in [0, 0.05) is 25.2 Å². The third-order valence-corrected chi connectivity index (χ3v) is 6.52. The minimum Gasteiger partial charge on any atom is -0.478 e. The Morgan fingerprint density at radius 1 is 0.850 bits per heavy atom. The number of carboxylic acids is 1. The van der Waals surface area contributed by atoms with Crippen LogP contribution in [0.25, 0.3) is 0 Å². The molecule has 220 valence electrons. The van der Waals surface area contributed by atoms with E-state index in [1.54, 1.807) is 24.3 Å². The fourth-order valence-corrected chi connectivity index (χ4v) is 4.21. The van der Waals surface area contributed by atoms with E-state index in [1.807, 2.05) is 0 Å². The number of hydrogen-bond acceptors (Lipinski definition) is 4. The number of aliphatic hydroxyl groups is 1. The molecular weight excluding hydrogens is 521 g/mol. The second-order valence-electron chi connectivity index (χ2n) is 9.98. The molecule has 40 heavy (non-hydrogen) atoms. The lowest BCUT2D eigenvalue weighted by atomic mass is 10.1. The van der Waals surface area contributed by atoms with Crippen molar-refractivity contribution in [2.45, 2.75) is 96.6 Å². The molecule has 0 aromatic heterocycles. The van der Waals surface area contributed by atoms with Crippen LogP contribution < -0.4 is 5.32 Å². The van der Waals surface area contributed by atoms with Gasteiger partial charge >= 0.3 is 12.1 Å². The quantitative estimate of drug-likeness (QED) is 0.0993. The number of halogens is 3. The number of anilines is 1. The van der Waals surface area contributed by atoms with Crippen molar-refractivity contribution in [1.29, 1.82) is 0 Å². The van der Waals surface area contributed by atoms with Gasteiger partial charge in [-0.05, 0) is 61.1 Å². The van der Waals surface area contributed by atoms with E-state index in [4.69, 9.17) is 0 Å². The number of nitrogens with zero attached hydrogens (tertiary/aromatic N) is 1. The first-order chi connectivity index (χ1) is 19.1. The number of aliphatic hydroxyl groups excluding tert-OH is 1. The van der Waals surface area contributed by atoms with Gasteiger partial charge in [-0.3, -0.25) is 9.69 Å². The fourth-order valence-electron chi connectivity index (χ4n) is 4.21. The van der Waals surface area contributed by atoms with Crippen LogP contribution in [0.3, 0.4) is 0 Å². The molecule has 1 unspecified atom stereocenters. The number of nitrogens with one attached hydrogen (secondary N) is 1. The predicted molar refractivity (Wildman–Crippen MR) is 150 cm³/mol. The number of amides is 1. The maximum Gasteiger partial charge on any atom is 0.416 e.